The minimum atomic E-state index is 0.0828. The Balaban J connectivity index is 1.37. The summed E-state index contributed by atoms with van der Waals surface area (Å²) < 4.78 is 1.74. The number of hydrogen-bond donors (Lipinski definition) is 1. The van der Waals surface area contributed by atoms with Crippen LogP contribution in [0.4, 0.5) is 0 Å². The number of fused-ring (bicyclic) bond motifs is 1. The van der Waals surface area contributed by atoms with Crippen molar-refractivity contribution in [3.63, 3.8) is 0 Å². The Bertz CT molecular complexity index is 991. The number of aromatic nitrogens is 4. The van der Waals surface area contributed by atoms with Gasteiger partial charge in [-0.3, -0.25) is 9.69 Å². The molecule has 3 aromatic rings. The zero-order chi connectivity index (χ0) is 21.1. The van der Waals surface area contributed by atoms with Gasteiger partial charge in [0.15, 0.2) is 0 Å². The molecule has 30 heavy (non-hydrogen) atoms. The monoisotopic (exact) mass is 426 g/mol. The van der Waals surface area contributed by atoms with Crippen molar-refractivity contribution < 1.29 is 4.79 Å². The van der Waals surface area contributed by atoms with E-state index in [0.29, 0.717) is 25.2 Å². The van der Waals surface area contributed by atoms with Crippen LogP contribution in [0.25, 0.3) is 5.78 Å². The van der Waals surface area contributed by atoms with Gasteiger partial charge in [0, 0.05) is 29.2 Å². The quantitative estimate of drug-likeness (QED) is 0.627. The fourth-order valence-electron chi connectivity index (χ4n) is 4.29. The van der Waals surface area contributed by atoms with E-state index in [9.17, 15) is 4.79 Å². The number of carbonyl (C=O) groups is 1. The Kier molecular flexibility index (Phi) is 6.43. The highest BCUT2D eigenvalue weighted by molar-refractivity contribution is 7.10. The fraction of sp³-hybridized carbons (Fsp3) is 0.545. The average molecular weight is 427 g/mol. The summed E-state index contributed by atoms with van der Waals surface area (Å²) in [5, 5.41) is 9.54. The molecule has 1 N–H and O–H groups in total. The molecule has 0 bridgehead atoms. The Morgan fingerprint density at radius 3 is 2.87 bits per heavy atom. The predicted octanol–water partition coefficient (Wildman–Crippen LogP) is 3.32. The lowest BCUT2D eigenvalue weighted by molar-refractivity contribution is -0.121. The molecular formula is C22H30N6OS. The number of hydrogen-bond acceptors (Lipinski definition) is 6. The van der Waals surface area contributed by atoms with Crippen LogP contribution in [0.3, 0.4) is 0 Å². The molecule has 0 spiro atoms. The normalized spacial score (nSPS) is 16.8. The number of carbonyl (C=O) groups excluding carboxylic acids is 1. The average Bonchev–Trinajstić information content (AvgIpc) is 3.41. The summed E-state index contributed by atoms with van der Waals surface area (Å²) in [5.74, 6) is 1.48. The van der Waals surface area contributed by atoms with Crippen molar-refractivity contribution in [1.29, 1.82) is 0 Å². The van der Waals surface area contributed by atoms with Gasteiger partial charge >= 0.3 is 0 Å². The van der Waals surface area contributed by atoms with E-state index >= 15 is 0 Å². The minimum absolute atomic E-state index is 0.0828. The maximum Gasteiger partial charge on any atom is 0.252 e. The highest BCUT2D eigenvalue weighted by atomic mass is 32.1. The first kappa shape index (κ1) is 20.9. The number of nitrogens with zero attached hydrogens (tertiary/aromatic N) is 5. The molecule has 0 aliphatic carbocycles. The van der Waals surface area contributed by atoms with Gasteiger partial charge in [-0.15, -0.1) is 11.3 Å². The minimum Gasteiger partial charge on any atom is -0.354 e. The summed E-state index contributed by atoms with van der Waals surface area (Å²) in [5.41, 5.74) is 2.99. The molecule has 8 heteroatoms. The van der Waals surface area contributed by atoms with Crippen molar-refractivity contribution in [1.82, 2.24) is 29.8 Å². The molecule has 1 atom stereocenters. The molecular weight excluding hydrogens is 396 g/mol. The molecule has 1 saturated heterocycles. The molecule has 1 unspecified atom stereocenters. The van der Waals surface area contributed by atoms with Crippen LogP contribution in [0.15, 0.2) is 23.8 Å². The molecule has 3 aromatic heterocycles. The predicted molar refractivity (Wildman–Crippen MR) is 119 cm³/mol. The van der Waals surface area contributed by atoms with Crippen LogP contribution in [0.2, 0.25) is 0 Å². The Morgan fingerprint density at radius 1 is 1.33 bits per heavy atom. The lowest BCUT2D eigenvalue weighted by Crippen LogP contribution is -2.41. The second-order valence-electron chi connectivity index (χ2n) is 8.29. The van der Waals surface area contributed by atoms with Gasteiger partial charge in [0.25, 0.3) is 5.78 Å². The third-order valence-electron chi connectivity index (χ3n) is 6.21. The summed E-state index contributed by atoms with van der Waals surface area (Å²) in [6.07, 6.45) is 5.06. The van der Waals surface area contributed by atoms with E-state index in [1.165, 1.54) is 24.0 Å². The number of piperidine rings is 1. The first-order valence-corrected chi connectivity index (χ1v) is 11.6. The Hall–Kier alpha value is -2.32. The van der Waals surface area contributed by atoms with Crippen molar-refractivity contribution in [2.75, 3.05) is 19.6 Å². The van der Waals surface area contributed by atoms with Crippen LogP contribution in [0, 0.1) is 19.8 Å². The molecule has 1 aliphatic rings. The zero-order valence-corrected chi connectivity index (χ0v) is 18.8. The number of likely N-dealkylation sites (tertiary alicyclic amines) is 1. The summed E-state index contributed by atoms with van der Waals surface area (Å²) >= 11 is 1.78. The number of rotatable bonds is 7. The highest BCUT2D eigenvalue weighted by Gasteiger charge is 2.25. The summed E-state index contributed by atoms with van der Waals surface area (Å²) in [7, 11) is 0. The lowest BCUT2D eigenvalue weighted by Gasteiger charge is -2.36. The van der Waals surface area contributed by atoms with Crippen LogP contribution < -0.4 is 5.32 Å². The first-order valence-electron chi connectivity index (χ1n) is 10.7. The second-order valence-corrected chi connectivity index (χ2v) is 9.27. The molecule has 7 nitrogen and oxygen atoms in total. The third-order valence-corrected chi connectivity index (χ3v) is 7.19. The van der Waals surface area contributed by atoms with Gasteiger partial charge in [0.1, 0.15) is 6.33 Å². The van der Waals surface area contributed by atoms with Crippen molar-refractivity contribution >= 4 is 23.0 Å². The van der Waals surface area contributed by atoms with Gasteiger partial charge in [-0.1, -0.05) is 13.0 Å². The Morgan fingerprint density at radius 2 is 2.13 bits per heavy atom. The van der Waals surface area contributed by atoms with Crippen molar-refractivity contribution in [2.45, 2.75) is 52.5 Å². The van der Waals surface area contributed by atoms with Crippen molar-refractivity contribution in [3.05, 3.63) is 45.7 Å². The molecule has 0 radical (unpaired) electrons. The van der Waals surface area contributed by atoms with E-state index < -0.39 is 0 Å². The van der Waals surface area contributed by atoms with Gasteiger partial charge in [-0.25, -0.2) is 9.50 Å². The van der Waals surface area contributed by atoms with Crippen molar-refractivity contribution in [2.24, 2.45) is 5.92 Å². The molecule has 1 fully saturated rings. The topological polar surface area (TPSA) is 75.4 Å². The van der Waals surface area contributed by atoms with Gasteiger partial charge in [-0.2, -0.15) is 10.1 Å². The molecule has 4 heterocycles. The van der Waals surface area contributed by atoms with Gasteiger partial charge < -0.3 is 5.32 Å². The molecule has 1 amide bonds. The molecule has 160 valence electrons. The second kappa shape index (κ2) is 9.22. The number of aryl methyl sites for hydroxylation is 2. The van der Waals surface area contributed by atoms with E-state index in [1.54, 1.807) is 15.9 Å². The number of amides is 1. The fourth-order valence-corrected chi connectivity index (χ4v) is 5.15. The molecule has 0 aromatic carbocycles. The maximum atomic E-state index is 12.7. The van der Waals surface area contributed by atoms with Crippen LogP contribution in [0.5, 0.6) is 0 Å². The van der Waals surface area contributed by atoms with Gasteiger partial charge in [0.2, 0.25) is 5.91 Å². The van der Waals surface area contributed by atoms with Crippen LogP contribution >= 0.6 is 11.3 Å². The number of thiophene rings is 1. The molecule has 0 saturated carbocycles. The van der Waals surface area contributed by atoms with Crippen LogP contribution in [-0.2, 0) is 11.2 Å². The zero-order valence-electron chi connectivity index (χ0n) is 18.0. The summed E-state index contributed by atoms with van der Waals surface area (Å²) in [4.78, 5) is 25.2. The standard InChI is InChI=1S/C22H30N6OS/c1-15-8-10-27(11-9-15)19(20-5-4-12-30-20)13-23-21(29)7-6-18-16(2)26-22-24-14-25-28(22)17(18)3/h4-5,12,14-15,19H,6-11,13H2,1-3H3,(H,23,29). The first-order chi connectivity index (χ1) is 14.5. The van der Waals surface area contributed by atoms with E-state index in [1.807, 2.05) is 13.8 Å². The van der Waals surface area contributed by atoms with Crippen molar-refractivity contribution in [3.8, 4) is 0 Å². The van der Waals surface area contributed by atoms with Gasteiger partial charge in [-0.05, 0) is 69.1 Å². The molecule has 4 rings (SSSR count). The van der Waals surface area contributed by atoms with E-state index in [-0.39, 0.29) is 11.9 Å². The van der Waals surface area contributed by atoms with Crippen LogP contribution in [-0.4, -0.2) is 50.0 Å². The lowest BCUT2D eigenvalue weighted by atomic mass is 9.97. The number of nitrogens with one attached hydrogen (secondary N) is 1. The van der Waals surface area contributed by atoms with Gasteiger partial charge in [0.05, 0.1) is 6.04 Å². The molecule has 1 aliphatic heterocycles. The van der Waals surface area contributed by atoms with Crippen LogP contribution in [0.1, 0.15) is 54.1 Å². The largest absolute Gasteiger partial charge is 0.354 e. The highest BCUT2D eigenvalue weighted by Crippen LogP contribution is 2.29. The van der Waals surface area contributed by atoms with E-state index in [4.69, 9.17) is 0 Å². The SMILES string of the molecule is Cc1nc2ncnn2c(C)c1CCC(=O)NCC(c1cccs1)N1CCC(C)CC1. The summed E-state index contributed by atoms with van der Waals surface area (Å²) in [6.45, 7) is 9.16. The Labute approximate surface area is 181 Å². The van der Waals surface area contributed by atoms with E-state index in [0.717, 1.165) is 36.0 Å². The third kappa shape index (κ3) is 4.54. The smallest absolute Gasteiger partial charge is 0.252 e. The maximum absolute atomic E-state index is 12.7. The summed E-state index contributed by atoms with van der Waals surface area (Å²) in [6, 6.07) is 4.55. The van der Waals surface area contributed by atoms with E-state index in [2.05, 4.69) is 49.7 Å².